The Kier molecular flexibility index (Phi) is 6.34. The van der Waals surface area contributed by atoms with E-state index in [4.69, 9.17) is 23.2 Å². The van der Waals surface area contributed by atoms with Crippen molar-refractivity contribution in [1.29, 1.82) is 0 Å². The Morgan fingerprint density at radius 3 is 2.43 bits per heavy atom. The first-order chi connectivity index (χ1) is 10.1. The van der Waals surface area contributed by atoms with E-state index in [1.54, 1.807) is 0 Å². The van der Waals surface area contributed by atoms with Crippen LogP contribution in [-0.2, 0) is 6.54 Å². The van der Waals surface area contributed by atoms with Crippen molar-refractivity contribution in [2.45, 2.75) is 39.2 Å². The van der Waals surface area contributed by atoms with Gasteiger partial charge in [0.2, 0.25) is 0 Å². The van der Waals surface area contributed by atoms with Gasteiger partial charge in [-0.2, -0.15) is 0 Å². The van der Waals surface area contributed by atoms with Gasteiger partial charge in [0.05, 0.1) is 4.88 Å². The van der Waals surface area contributed by atoms with Crippen molar-refractivity contribution < 1.29 is 0 Å². The molecule has 0 bridgehead atoms. The number of thiazole rings is 1. The van der Waals surface area contributed by atoms with Crippen molar-refractivity contribution in [3.63, 3.8) is 0 Å². The summed E-state index contributed by atoms with van der Waals surface area (Å²) in [6, 6.07) is 7.64. The normalized spacial score (nSPS) is 11.0. The topological polar surface area (TPSA) is 22.0 Å². The highest BCUT2D eigenvalue weighted by atomic mass is 35.5. The fourth-order valence-corrected chi connectivity index (χ4v) is 3.66. The third kappa shape index (κ3) is 4.35. The number of hydrogen-bond acceptors (Lipinski definition) is 2. The molecule has 0 atom stereocenters. The van der Waals surface area contributed by atoms with Crippen LogP contribution in [0.2, 0.25) is 5.02 Å². The van der Waals surface area contributed by atoms with Gasteiger partial charge in [0, 0.05) is 23.1 Å². The minimum atomic E-state index is 0.120. The van der Waals surface area contributed by atoms with E-state index in [2.05, 4.69) is 0 Å². The Bertz CT molecular complexity index is 631. The van der Waals surface area contributed by atoms with E-state index in [1.165, 1.54) is 11.3 Å². The van der Waals surface area contributed by atoms with Crippen molar-refractivity contribution in [3.05, 3.63) is 44.6 Å². The molecule has 0 unspecified atom stereocenters. The number of halogens is 2. The molecule has 0 radical (unpaired) electrons. The monoisotopic (exact) mass is 343 g/mol. The molecule has 1 aromatic carbocycles. The highest BCUT2D eigenvalue weighted by Crippen LogP contribution is 2.27. The molecule has 21 heavy (non-hydrogen) atoms. The number of hydrogen-bond donors (Lipinski definition) is 0. The molecule has 114 valence electrons. The standard InChI is InChI=1S/C16H19Cl2NOS/c1-12-15(13-6-8-14(18)9-7-13)21-16(20)19(12)11-5-3-2-4-10-17/h6-9H,2-5,10-11H2,1H3. The van der Waals surface area contributed by atoms with Gasteiger partial charge < -0.3 is 4.57 Å². The zero-order valence-corrected chi connectivity index (χ0v) is 14.4. The average molecular weight is 344 g/mol. The lowest BCUT2D eigenvalue weighted by atomic mass is 10.1. The molecular weight excluding hydrogens is 325 g/mol. The number of nitrogens with zero attached hydrogens (tertiary/aromatic N) is 1. The molecule has 0 aliphatic rings. The second-order valence-electron chi connectivity index (χ2n) is 5.04. The van der Waals surface area contributed by atoms with E-state index in [0.717, 1.165) is 54.2 Å². The fraction of sp³-hybridized carbons (Fsp3) is 0.438. The highest BCUT2D eigenvalue weighted by molar-refractivity contribution is 7.13. The van der Waals surface area contributed by atoms with Crippen LogP contribution in [0.4, 0.5) is 0 Å². The van der Waals surface area contributed by atoms with Crippen LogP contribution in [0.25, 0.3) is 10.4 Å². The van der Waals surface area contributed by atoms with E-state index in [9.17, 15) is 4.79 Å². The Morgan fingerprint density at radius 2 is 1.76 bits per heavy atom. The lowest BCUT2D eigenvalue weighted by Crippen LogP contribution is -2.14. The molecule has 0 saturated heterocycles. The third-order valence-electron chi connectivity index (χ3n) is 3.52. The van der Waals surface area contributed by atoms with Gasteiger partial charge in [-0.25, -0.2) is 0 Å². The molecule has 0 N–H and O–H groups in total. The van der Waals surface area contributed by atoms with Crippen LogP contribution in [0.15, 0.2) is 29.1 Å². The van der Waals surface area contributed by atoms with Gasteiger partial charge in [-0.1, -0.05) is 47.9 Å². The maximum atomic E-state index is 12.2. The van der Waals surface area contributed by atoms with E-state index >= 15 is 0 Å². The summed E-state index contributed by atoms with van der Waals surface area (Å²) < 4.78 is 1.88. The van der Waals surface area contributed by atoms with Crippen molar-refractivity contribution in [3.8, 4) is 10.4 Å². The lowest BCUT2D eigenvalue weighted by Gasteiger charge is -2.06. The lowest BCUT2D eigenvalue weighted by molar-refractivity contribution is 0.570. The summed E-state index contributed by atoms with van der Waals surface area (Å²) in [4.78, 5) is 13.3. The zero-order chi connectivity index (χ0) is 15.2. The number of unbranched alkanes of at least 4 members (excludes halogenated alkanes) is 3. The van der Waals surface area contributed by atoms with Crippen LogP contribution >= 0.6 is 34.5 Å². The van der Waals surface area contributed by atoms with Gasteiger partial charge in [0.1, 0.15) is 0 Å². The first-order valence-corrected chi connectivity index (χ1v) is 8.88. The predicted molar refractivity (Wildman–Crippen MR) is 93.0 cm³/mol. The molecule has 5 heteroatoms. The van der Waals surface area contributed by atoms with Gasteiger partial charge in [-0.15, -0.1) is 11.6 Å². The molecule has 0 spiro atoms. The minimum absolute atomic E-state index is 0.120. The molecule has 0 aliphatic heterocycles. The minimum Gasteiger partial charge on any atom is -0.303 e. The molecule has 2 nitrogen and oxygen atoms in total. The maximum absolute atomic E-state index is 12.2. The molecule has 0 amide bonds. The van der Waals surface area contributed by atoms with Gasteiger partial charge in [0.15, 0.2) is 0 Å². The number of alkyl halides is 1. The van der Waals surface area contributed by atoms with Crippen LogP contribution in [0.3, 0.4) is 0 Å². The molecule has 2 aromatic rings. The van der Waals surface area contributed by atoms with Gasteiger partial charge in [-0.3, -0.25) is 4.79 Å². The highest BCUT2D eigenvalue weighted by Gasteiger charge is 2.12. The van der Waals surface area contributed by atoms with E-state index < -0.39 is 0 Å². The summed E-state index contributed by atoms with van der Waals surface area (Å²) in [5, 5.41) is 0.711. The van der Waals surface area contributed by atoms with Crippen LogP contribution < -0.4 is 4.87 Å². The Hall–Kier alpha value is -0.770. The van der Waals surface area contributed by atoms with Crippen LogP contribution in [0.1, 0.15) is 31.4 Å². The smallest absolute Gasteiger partial charge is 0.303 e. The first-order valence-electron chi connectivity index (χ1n) is 7.15. The van der Waals surface area contributed by atoms with Gasteiger partial charge in [-0.05, 0) is 37.5 Å². The number of rotatable bonds is 7. The largest absolute Gasteiger partial charge is 0.307 e. The summed E-state index contributed by atoms with van der Waals surface area (Å²) in [5.41, 5.74) is 2.10. The molecular formula is C16H19Cl2NOS. The Labute approximate surface area is 139 Å². The number of benzene rings is 1. The quantitative estimate of drug-likeness (QED) is 0.491. The maximum Gasteiger partial charge on any atom is 0.307 e. The van der Waals surface area contributed by atoms with Crippen LogP contribution in [0.5, 0.6) is 0 Å². The van der Waals surface area contributed by atoms with Gasteiger partial charge in [0.25, 0.3) is 0 Å². The van der Waals surface area contributed by atoms with Crippen molar-refractivity contribution >= 4 is 34.5 Å². The van der Waals surface area contributed by atoms with E-state index in [1.807, 2.05) is 35.8 Å². The second-order valence-corrected chi connectivity index (χ2v) is 6.82. The van der Waals surface area contributed by atoms with Gasteiger partial charge >= 0.3 is 4.87 Å². The van der Waals surface area contributed by atoms with Crippen molar-refractivity contribution in [2.24, 2.45) is 0 Å². The Balaban J connectivity index is 2.10. The van der Waals surface area contributed by atoms with Crippen molar-refractivity contribution in [2.75, 3.05) is 5.88 Å². The second kappa shape index (κ2) is 8.02. The third-order valence-corrected chi connectivity index (χ3v) is 5.16. The average Bonchev–Trinajstić information content (AvgIpc) is 2.75. The van der Waals surface area contributed by atoms with Crippen LogP contribution in [0, 0.1) is 6.92 Å². The molecule has 1 heterocycles. The molecule has 2 rings (SSSR count). The van der Waals surface area contributed by atoms with E-state index in [-0.39, 0.29) is 4.87 Å². The molecule has 0 fully saturated rings. The first kappa shape index (κ1) is 16.6. The molecule has 0 saturated carbocycles. The van der Waals surface area contributed by atoms with Crippen LogP contribution in [-0.4, -0.2) is 10.4 Å². The summed E-state index contributed by atoms with van der Waals surface area (Å²) in [5.74, 6) is 0.720. The SMILES string of the molecule is Cc1c(-c2ccc(Cl)cc2)sc(=O)n1CCCCCCCl. The summed E-state index contributed by atoms with van der Waals surface area (Å²) in [6.45, 7) is 2.80. The fourth-order valence-electron chi connectivity index (χ4n) is 2.32. The number of aromatic nitrogens is 1. The van der Waals surface area contributed by atoms with Crippen molar-refractivity contribution in [1.82, 2.24) is 4.57 Å². The summed E-state index contributed by atoms with van der Waals surface area (Å²) in [7, 11) is 0. The molecule has 1 aromatic heterocycles. The molecule has 0 aliphatic carbocycles. The predicted octanol–water partition coefficient (Wildman–Crippen LogP) is 5.34. The summed E-state index contributed by atoms with van der Waals surface area (Å²) >= 11 is 12.9. The zero-order valence-electron chi connectivity index (χ0n) is 12.1. The Morgan fingerprint density at radius 1 is 1.10 bits per heavy atom. The van der Waals surface area contributed by atoms with E-state index in [0.29, 0.717) is 5.02 Å². The summed E-state index contributed by atoms with van der Waals surface area (Å²) in [6.07, 6.45) is 4.32.